The molecule has 0 bridgehead atoms. The molecule has 0 amide bonds. The Bertz CT molecular complexity index is 264. The van der Waals surface area contributed by atoms with Gasteiger partial charge < -0.3 is 10.8 Å². The van der Waals surface area contributed by atoms with Crippen LogP contribution in [0.3, 0.4) is 0 Å². The number of aliphatic carboxylic acids is 1. The zero-order valence-electron chi connectivity index (χ0n) is 7.10. The Labute approximate surface area is 110 Å². The van der Waals surface area contributed by atoms with Crippen molar-refractivity contribution in [3.8, 4) is 0 Å². The van der Waals surface area contributed by atoms with Gasteiger partial charge in [0.2, 0.25) is 0 Å². The minimum absolute atomic E-state index is 0. The molecule has 0 aliphatic rings. The van der Waals surface area contributed by atoms with E-state index >= 15 is 0 Å². The van der Waals surface area contributed by atoms with Crippen LogP contribution < -0.4 is 0 Å². The number of carboxylic acid groups (broad SMARTS) is 1. The quantitative estimate of drug-likeness (QED) is 0.924. The van der Waals surface area contributed by atoms with Crippen molar-refractivity contribution in [2.75, 3.05) is 0 Å². The normalized spacial score (nSPS) is 11.5. The Kier molecular flexibility index (Phi) is 6.47. The zero-order chi connectivity index (χ0) is 8.97. The molecule has 1 radical (unpaired) electrons. The fourth-order valence-corrected chi connectivity index (χ4v) is 0.937. The SMILES string of the molecule is [NH-]C(Cc1ccccc1)C(=O)O.[Pr]. The molecule has 0 aliphatic heterocycles. The fourth-order valence-electron chi connectivity index (χ4n) is 0.937. The maximum absolute atomic E-state index is 10.3. The summed E-state index contributed by atoms with van der Waals surface area (Å²) >= 11 is 0. The Morgan fingerprint density at radius 3 is 2.38 bits per heavy atom. The molecule has 0 saturated heterocycles. The number of benzene rings is 1. The van der Waals surface area contributed by atoms with Gasteiger partial charge in [-0.25, -0.2) is 0 Å². The summed E-state index contributed by atoms with van der Waals surface area (Å²) in [4.78, 5) is 10.3. The van der Waals surface area contributed by atoms with Crippen molar-refractivity contribution >= 4 is 5.97 Å². The molecule has 1 aromatic rings. The molecule has 1 unspecified atom stereocenters. The first kappa shape index (κ1) is 13.0. The van der Waals surface area contributed by atoms with Gasteiger partial charge in [-0.2, -0.15) is 0 Å². The van der Waals surface area contributed by atoms with E-state index in [0.717, 1.165) is 5.56 Å². The second kappa shape index (κ2) is 6.46. The van der Waals surface area contributed by atoms with Crippen molar-refractivity contribution in [1.82, 2.24) is 0 Å². The van der Waals surface area contributed by atoms with E-state index < -0.39 is 12.0 Å². The van der Waals surface area contributed by atoms with Crippen molar-refractivity contribution in [3.63, 3.8) is 0 Å². The molecular weight excluding hydrogens is 295 g/mol. The standard InChI is InChI=1S/C9H10NO2.Pr/c10-8(9(11)12)6-7-4-2-1-3-5-7;/h1-5,8,10H,6H2,(H,11,12);/q-1;. The van der Waals surface area contributed by atoms with E-state index in [4.69, 9.17) is 10.8 Å². The number of carboxylic acids is 1. The molecule has 0 fully saturated rings. The van der Waals surface area contributed by atoms with Crippen LogP contribution in [0.5, 0.6) is 0 Å². The first-order chi connectivity index (χ1) is 5.70. The average Bonchev–Trinajstić information content (AvgIpc) is 2.06. The van der Waals surface area contributed by atoms with Crippen molar-refractivity contribution in [2.45, 2.75) is 12.5 Å². The molecule has 2 N–H and O–H groups in total. The van der Waals surface area contributed by atoms with Crippen LogP contribution in [0.4, 0.5) is 0 Å². The molecule has 0 spiro atoms. The fraction of sp³-hybridized carbons (Fsp3) is 0.222. The van der Waals surface area contributed by atoms with Crippen molar-refractivity contribution < 1.29 is 51.2 Å². The first-order valence-corrected chi connectivity index (χ1v) is 3.68. The van der Waals surface area contributed by atoms with Crippen LogP contribution in [0.25, 0.3) is 5.73 Å². The number of carbonyl (C=O) groups is 1. The summed E-state index contributed by atoms with van der Waals surface area (Å²) in [7, 11) is 0. The largest absolute Gasteiger partial charge is 0.665 e. The summed E-state index contributed by atoms with van der Waals surface area (Å²) in [6.45, 7) is 0. The summed E-state index contributed by atoms with van der Waals surface area (Å²) in [5.41, 5.74) is 8.05. The minimum atomic E-state index is -1.07. The Balaban J connectivity index is 0.00000144. The molecule has 1 rings (SSSR count). The predicted octanol–water partition coefficient (Wildman–Crippen LogP) is 1.73. The smallest absolute Gasteiger partial charge is 0.285 e. The molecule has 0 saturated carbocycles. The van der Waals surface area contributed by atoms with Crippen LogP contribution in [0.15, 0.2) is 30.3 Å². The monoisotopic (exact) mass is 305 g/mol. The van der Waals surface area contributed by atoms with E-state index in [-0.39, 0.29) is 47.7 Å². The van der Waals surface area contributed by atoms with Crippen LogP contribution in [-0.4, -0.2) is 17.1 Å². The van der Waals surface area contributed by atoms with E-state index in [1.54, 1.807) is 0 Å². The van der Waals surface area contributed by atoms with Gasteiger partial charge in [0.25, 0.3) is 5.97 Å². The predicted molar refractivity (Wildman–Crippen MR) is 45.9 cm³/mol. The van der Waals surface area contributed by atoms with Gasteiger partial charge in [-0.15, -0.1) is 0 Å². The number of hydrogen-bond donors (Lipinski definition) is 1. The minimum Gasteiger partial charge on any atom is -0.665 e. The van der Waals surface area contributed by atoms with Crippen molar-refractivity contribution in [3.05, 3.63) is 41.6 Å². The molecule has 0 aliphatic carbocycles. The maximum atomic E-state index is 10.3. The van der Waals surface area contributed by atoms with E-state index in [1.165, 1.54) is 0 Å². The first-order valence-electron chi connectivity index (χ1n) is 3.68. The zero-order valence-corrected chi connectivity index (χ0v) is 10.8. The molecular formula is C9H10NO2Pr-. The van der Waals surface area contributed by atoms with Gasteiger partial charge in [-0.3, -0.25) is 4.79 Å². The summed E-state index contributed by atoms with van der Waals surface area (Å²) in [6, 6.07) is 8.14. The second-order valence-electron chi connectivity index (χ2n) is 2.58. The van der Waals surface area contributed by atoms with E-state index in [9.17, 15) is 4.79 Å². The van der Waals surface area contributed by atoms with E-state index in [1.807, 2.05) is 30.3 Å². The average molecular weight is 305 g/mol. The third-order valence-electron chi connectivity index (χ3n) is 1.58. The van der Waals surface area contributed by atoms with Crippen molar-refractivity contribution in [1.29, 1.82) is 0 Å². The number of rotatable bonds is 3. The molecule has 67 valence electrons. The van der Waals surface area contributed by atoms with Crippen LogP contribution in [-0.2, 0) is 11.2 Å². The van der Waals surface area contributed by atoms with Crippen LogP contribution in [0.2, 0.25) is 0 Å². The van der Waals surface area contributed by atoms with Crippen LogP contribution in [0.1, 0.15) is 5.56 Å². The van der Waals surface area contributed by atoms with Gasteiger partial charge >= 0.3 is 0 Å². The molecule has 1 atom stereocenters. The Morgan fingerprint density at radius 2 is 1.92 bits per heavy atom. The summed E-state index contributed by atoms with van der Waals surface area (Å²) in [5.74, 6) is -1.07. The number of nitrogens with one attached hydrogen (secondary N) is 1. The van der Waals surface area contributed by atoms with Gasteiger partial charge in [0, 0.05) is 41.3 Å². The van der Waals surface area contributed by atoms with Crippen LogP contribution >= 0.6 is 0 Å². The molecule has 0 heterocycles. The third kappa shape index (κ3) is 4.70. The molecule has 13 heavy (non-hydrogen) atoms. The van der Waals surface area contributed by atoms with Gasteiger partial charge in [0.05, 0.1) is 0 Å². The summed E-state index contributed by atoms with van der Waals surface area (Å²) < 4.78 is 0. The number of hydrogen-bond acceptors (Lipinski definition) is 1. The van der Waals surface area contributed by atoms with Gasteiger partial charge in [-0.05, 0) is 18.0 Å². The van der Waals surface area contributed by atoms with E-state index in [2.05, 4.69) is 0 Å². The van der Waals surface area contributed by atoms with Gasteiger partial charge in [0.15, 0.2) is 0 Å². The topological polar surface area (TPSA) is 61.1 Å². The Morgan fingerprint density at radius 1 is 1.38 bits per heavy atom. The van der Waals surface area contributed by atoms with Crippen molar-refractivity contribution in [2.24, 2.45) is 0 Å². The molecule has 0 aromatic heterocycles. The Hall–Kier alpha value is 0.0136. The maximum Gasteiger partial charge on any atom is 0.285 e. The molecule has 3 nitrogen and oxygen atoms in total. The van der Waals surface area contributed by atoms with Gasteiger partial charge in [0.1, 0.15) is 0 Å². The van der Waals surface area contributed by atoms with Crippen LogP contribution in [0, 0.1) is 41.3 Å². The van der Waals surface area contributed by atoms with Gasteiger partial charge in [-0.1, -0.05) is 30.3 Å². The second-order valence-corrected chi connectivity index (χ2v) is 2.58. The third-order valence-corrected chi connectivity index (χ3v) is 1.58. The summed E-state index contributed by atoms with van der Waals surface area (Å²) in [5, 5.41) is 8.46. The summed E-state index contributed by atoms with van der Waals surface area (Å²) in [6.07, 6.45) is 0.274. The van der Waals surface area contributed by atoms with E-state index in [0.29, 0.717) is 0 Å². The molecule has 1 aromatic carbocycles. The molecule has 4 heteroatoms.